The lowest BCUT2D eigenvalue weighted by Gasteiger charge is -2.34. The van der Waals surface area contributed by atoms with Crippen molar-refractivity contribution < 1.29 is 14.0 Å². The summed E-state index contributed by atoms with van der Waals surface area (Å²) in [4.78, 5) is 32.3. The Kier molecular flexibility index (Phi) is 5.59. The maximum Gasteiger partial charge on any atom is 0.257 e. The van der Waals surface area contributed by atoms with Gasteiger partial charge in [-0.1, -0.05) is 24.3 Å². The average Bonchev–Trinajstić information content (AvgIpc) is 3.49. The van der Waals surface area contributed by atoms with E-state index in [4.69, 9.17) is 9.40 Å². The van der Waals surface area contributed by atoms with E-state index in [1.807, 2.05) is 23.1 Å². The van der Waals surface area contributed by atoms with E-state index in [-0.39, 0.29) is 29.7 Å². The Morgan fingerprint density at radius 1 is 1.10 bits per heavy atom. The van der Waals surface area contributed by atoms with Gasteiger partial charge in [-0.25, -0.2) is 4.98 Å². The summed E-state index contributed by atoms with van der Waals surface area (Å²) < 4.78 is 6.19. The van der Waals surface area contributed by atoms with E-state index in [2.05, 4.69) is 23.5 Å². The van der Waals surface area contributed by atoms with Crippen LogP contribution in [0.15, 0.2) is 59.4 Å². The highest BCUT2D eigenvalue weighted by Crippen LogP contribution is 2.38. The van der Waals surface area contributed by atoms with Gasteiger partial charge in [-0.15, -0.1) is 11.3 Å². The monoisotopic (exact) mass is 435 g/mol. The van der Waals surface area contributed by atoms with E-state index in [9.17, 15) is 9.59 Å². The first-order chi connectivity index (χ1) is 15.2. The minimum absolute atomic E-state index is 0.00755. The minimum Gasteiger partial charge on any atom is -0.472 e. The van der Waals surface area contributed by atoms with Gasteiger partial charge in [0.1, 0.15) is 6.26 Å². The maximum atomic E-state index is 13.2. The number of furan rings is 1. The number of allylic oxidation sites excluding steroid dienone is 2. The number of amides is 2. The number of thiazole rings is 1. The van der Waals surface area contributed by atoms with Gasteiger partial charge in [-0.05, 0) is 43.9 Å². The lowest BCUT2D eigenvalue weighted by molar-refractivity contribution is -0.126. The fraction of sp³-hybridized carbons (Fsp3) is 0.375. The molecule has 1 saturated heterocycles. The van der Waals surface area contributed by atoms with Crippen molar-refractivity contribution in [3.05, 3.63) is 65.6 Å². The second-order valence-electron chi connectivity index (χ2n) is 8.26. The number of nitrogens with one attached hydrogen (secondary N) is 1. The molecule has 3 heterocycles. The SMILES string of the molecule is O=C(NC1CCN(C(=O)c2ccoc2)CC1)[C@H]1CC=CC[C@@H]1c1nc2ccccc2s1. The fourth-order valence-corrected chi connectivity index (χ4v) is 5.68. The standard InChI is InChI=1S/C24H25N3O3S/c28-22(25-17-9-12-27(13-10-17)24(29)16-11-14-30-15-16)18-5-1-2-6-19(18)23-26-20-7-3-4-8-21(20)31-23/h1-4,7-8,11,14-15,17-19H,5-6,9-10,12-13H2,(H,25,28)/t18-,19-/m0/s1. The van der Waals surface area contributed by atoms with Crippen LogP contribution in [-0.2, 0) is 4.79 Å². The number of piperidine rings is 1. The smallest absolute Gasteiger partial charge is 0.257 e. The van der Waals surface area contributed by atoms with Crippen molar-refractivity contribution in [3.8, 4) is 0 Å². The summed E-state index contributed by atoms with van der Waals surface area (Å²) >= 11 is 1.70. The highest BCUT2D eigenvalue weighted by atomic mass is 32.1. The Bertz CT molecular complexity index is 1060. The Morgan fingerprint density at radius 3 is 2.68 bits per heavy atom. The van der Waals surface area contributed by atoms with Gasteiger partial charge in [0.15, 0.2) is 0 Å². The topological polar surface area (TPSA) is 75.4 Å². The molecule has 1 aromatic carbocycles. The number of likely N-dealkylation sites (tertiary alicyclic amines) is 1. The van der Waals surface area contributed by atoms with Gasteiger partial charge in [0.2, 0.25) is 5.91 Å². The third-order valence-corrected chi connectivity index (χ3v) is 7.46. The van der Waals surface area contributed by atoms with Crippen LogP contribution in [0.1, 0.15) is 47.0 Å². The van der Waals surface area contributed by atoms with E-state index < -0.39 is 0 Å². The van der Waals surface area contributed by atoms with Crippen LogP contribution in [0.25, 0.3) is 10.2 Å². The normalized spacial score (nSPS) is 22.0. The molecule has 5 rings (SSSR count). The molecule has 1 aliphatic carbocycles. The number of carbonyl (C=O) groups is 2. The third-order valence-electron chi connectivity index (χ3n) is 6.29. The Morgan fingerprint density at radius 2 is 1.90 bits per heavy atom. The Hall–Kier alpha value is -2.93. The summed E-state index contributed by atoms with van der Waals surface area (Å²) in [5.41, 5.74) is 1.58. The van der Waals surface area contributed by atoms with Crippen LogP contribution in [0.3, 0.4) is 0 Å². The molecule has 31 heavy (non-hydrogen) atoms. The van der Waals surface area contributed by atoms with Gasteiger partial charge < -0.3 is 14.6 Å². The Balaban J connectivity index is 1.22. The first-order valence-electron chi connectivity index (χ1n) is 10.8. The fourth-order valence-electron chi connectivity index (χ4n) is 4.53. The van der Waals surface area contributed by atoms with E-state index in [1.54, 1.807) is 17.4 Å². The molecular formula is C24H25N3O3S. The van der Waals surface area contributed by atoms with Crippen LogP contribution >= 0.6 is 11.3 Å². The maximum absolute atomic E-state index is 13.2. The molecule has 0 saturated carbocycles. The van der Waals surface area contributed by atoms with Crippen LogP contribution in [0, 0.1) is 5.92 Å². The first kappa shape index (κ1) is 20.0. The van der Waals surface area contributed by atoms with Gasteiger partial charge in [-0.2, -0.15) is 0 Å². The molecule has 2 atom stereocenters. The predicted octanol–water partition coefficient (Wildman–Crippen LogP) is 4.36. The third kappa shape index (κ3) is 4.14. The number of rotatable bonds is 4. The molecule has 3 aromatic rings. The summed E-state index contributed by atoms with van der Waals surface area (Å²) in [6, 6.07) is 9.93. The highest BCUT2D eigenvalue weighted by Gasteiger charge is 2.34. The van der Waals surface area contributed by atoms with Crippen molar-refractivity contribution >= 4 is 33.4 Å². The molecule has 2 amide bonds. The summed E-state index contributed by atoms with van der Waals surface area (Å²) in [5, 5.41) is 4.31. The second-order valence-corrected chi connectivity index (χ2v) is 9.32. The zero-order valence-corrected chi connectivity index (χ0v) is 18.0. The molecule has 2 aromatic heterocycles. The van der Waals surface area contributed by atoms with Crippen molar-refractivity contribution in [2.75, 3.05) is 13.1 Å². The largest absolute Gasteiger partial charge is 0.472 e. The summed E-state index contributed by atoms with van der Waals surface area (Å²) in [5.74, 6) is 0.112. The number of hydrogen-bond donors (Lipinski definition) is 1. The van der Waals surface area contributed by atoms with Crippen molar-refractivity contribution in [1.82, 2.24) is 15.2 Å². The molecular weight excluding hydrogens is 410 g/mol. The van der Waals surface area contributed by atoms with Crippen LogP contribution in [0.5, 0.6) is 0 Å². The average molecular weight is 436 g/mol. The molecule has 7 heteroatoms. The summed E-state index contributed by atoms with van der Waals surface area (Å²) in [6.07, 6.45) is 10.4. The number of nitrogens with zero attached hydrogens (tertiary/aromatic N) is 2. The van der Waals surface area contributed by atoms with Gasteiger partial charge in [-0.3, -0.25) is 9.59 Å². The van der Waals surface area contributed by atoms with Gasteiger partial charge in [0.05, 0.1) is 33.0 Å². The number of carbonyl (C=O) groups excluding carboxylic acids is 2. The number of aromatic nitrogens is 1. The Labute approximate surface area is 185 Å². The molecule has 6 nitrogen and oxygen atoms in total. The molecule has 1 aliphatic heterocycles. The van der Waals surface area contributed by atoms with Gasteiger partial charge in [0.25, 0.3) is 5.91 Å². The number of para-hydroxylation sites is 1. The van der Waals surface area contributed by atoms with Crippen LogP contribution in [0.2, 0.25) is 0 Å². The van der Waals surface area contributed by atoms with Gasteiger partial charge in [0, 0.05) is 25.0 Å². The van der Waals surface area contributed by atoms with Crippen molar-refractivity contribution in [2.24, 2.45) is 5.92 Å². The first-order valence-corrected chi connectivity index (χ1v) is 11.6. The molecule has 0 bridgehead atoms. The van der Waals surface area contributed by atoms with E-state index in [1.165, 1.54) is 17.2 Å². The van der Waals surface area contributed by atoms with E-state index in [0.29, 0.717) is 18.7 Å². The van der Waals surface area contributed by atoms with Crippen molar-refractivity contribution in [3.63, 3.8) is 0 Å². The second kappa shape index (κ2) is 8.67. The predicted molar refractivity (Wildman–Crippen MR) is 120 cm³/mol. The molecule has 0 spiro atoms. The molecule has 0 radical (unpaired) electrons. The van der Waals surface area contributed by atoms with E-state index in [0.717, 1.165) is 36.2 Å². The number of fused-ring (bicyclic) bond motifs is 1. The quantitative estimate of drug-likeness (QED) is 0.618. The number of hydrogen-bond acceptors (Lipinski definition) is 5. The van der Waals surface area contributed by atoms with Crippen molar-refractivity contribution in [1.29, 1.82) is 0 Å². The van der Waals surface area contributed by atoms with Gasteiger partial charge >= 0.3 is 0 Å². The number of benzene rings is 1. The molecule has 160 valence electrons. The molecule has 2 aliphatic rings. The summed E-state index contributed by atoms with van der Waals surface area (Å²) in [7, 11) is 0. The van der Waals surface area contributed by atoms with Crippen molar-refractivity contribution in [2.45, 2.75) is 37.6 Å². The van der Waals surface area contributed by atoms with Crippen LogP contribution in [-0.4, -0.2) is 40.8 Å². The molecule has 1 fully saturated rings. The lowest BCUT2D eigenvalue weighted by atomic mass is 9.82. The minimum atomic E-state index is -0.101. The van der Waals surface area contributed by atoms with E-state index >= 15 is 0 Å². The zero-order valence-electron chi connectivity index (χ0n) is 17.2. The molecule has 0 unspecified atom stereocenters. The zero-order chi connectivity index (χ0) is 21.2. The lowest BCUT2D eigenvalue weighted by Crippen LogP contribution is -2.48. The summed E-state index contributed by atoms with van der Waals surface area (Å²) in [6.45, 7) is 1.28. The van der Waals surface area contributed by atoms with Crippen LogP contribution < -0.4 is 5.32 Å². The molecule has 1 N–H and O–H groups in total. The van der Waals surface area contributed by atoms with Crippen LogP contribution in [0.4, 0.5) is 0 Å². The highest BCUT2D eigenvalue weighted by molar-refractivity contribution is 7.18.